The molecule has 0 aliphatic heterocycles. The minimum atomic E-state index is -1.76. The number of carbonyl (C=O) groups excluding carboxylic acids is 1. The molecule has 0 saturated heterocycles. The van der Waals surface area contributed by atoms with Crippen molar-refractivity contribution in [3.05, 3.63) is 70.0 Å². The second-order valence-electron chi connectivity index (χ2n) is 11.8. The van der Waals surface area contributed by atoms with E-state index in [9.17, 15) is 20.1 Å². The number of allylic oxidation sites excluding steroid dienone is 3. The number of phenols is 1. The van der Waals surface area contributed by atoms with Crippen LogP contribution in [0.1, 0.15) is 88.8 Å². The van der Waals surface area contributed by atoms with Gasteiger partial charge in [-0.15, -0.1) is 0 Å². The highest BCUT2D eigenvalue weighted by Crippen LogP contribution is 2.66. The number of phenolic OH excluding ortho intramolecular Hbond substituents is 1. The topological polar surface area (TPSA) is 77.8 Å². The van der Waals surface area contributed by atoms with E-state index in [0.717, 1.165) is 24.0 Å². The second kappa shape index (κ2) is 7.21. The average Bonchev–Trinajstić information content (AvgIpc) is 3.24. The highest BCUT2D eigenvalue weighted by Gasteiger charge is 2.64. The van der Waals surface area contributed by atoms with Crippen LogP contribution in [0.15, 0.2) is 53.3 Å². The Labute approximate surface area is 202 Å². The zero-order valence-corrected chi connectivity index (χ0v) is 20.8. The second-order valence-corrected chi connectivity index (χ2v) is 11.8. The van der Waals surface area contributed by atoms with Crippen LogP contribution in [0, 0.1) is 10.8 Å². The lowest BCUT2D eigenvalue weighted by Gasteiger charge is -2.59. The third-order valence-electron chi connectivity index (χ3n) is 9.30. The van der Waals surface area contributed by atoms with E-state index in [1.807, 2.05) is 13.8 Å². The number of fused-ring (bicyclic) bond motifs is 3. The van der Waals surface area contributed by atoms with E-state index in [4.69, 9.17) is 0 Å². The maximum absolute atomic E-state index is 12.5. The summed E-state index contributed by atoms with van der Waals surface area (Å²) in [6.07, 6.45) is 6.53. The third kappa shape index (κ3) is 2.78. The summed E-state index contributed by atoms with van der Waals surface area (Å²) in [6.45, 7) is 16.0. The van der Waals surface area contributed by atoms with Gasteiger partial charge in [0, 0.05) is 27.5 Å². The Bertz CT molecular complexity index is 1220. The molecule has 4 aliphatic carbocycles. The fraction of sp³-hybridized carbons (Fsp3) is 0.500. The van der Waals surface area contributed by atoms with Crippen LogP contribution in [0.2, 0.25) is 0 Å². The Hall–Kier alpha value is -2.59. The van der Waals surface area contributed by atoms with Crippen molar-refractivity contribution in [1.82, 2.24) is 0 Å². The van der Waals surface area contributed by atoms with Crippen LogP contribution in [-0.4, -0.2) is 26.7 Å². The molecule has 3 N–H and O–H groups in total. The van der Waals surface area contributed by atoms with Gasteiger partial charge in [0.15, 0.2) is 11.4 Å². The molecule has 5 rings (SSSR count). The van der Waals surface area contributed by atoms with E-state index in [1.54, 1.807) is 6.07 Å². The molecule has 0 bridgehead atoms. The summed E-state index contributed by atoms with van der Waals surface area (Å²) in [5.74, 6) is 0.322. The van der Waals surface area contributed by atoms with Gasteiger partial charge in [0.2, 0.25) is 0 Å². The molecule has 4 aliphatic rings. The fourth-order valence-electron chi connectivity index (χ4n) is 8.12. The molecule has 1 fully saturated rings. The van der Waals surface area contributed by atoms with E-state index in [0.29, 0.717) is 47.5 Å². The number of aromatic hydroxyl groups is 1. The maximum Gasteiger partial charge on any atom is 0.160 e. The number of hydrogen-bond donors (Lipinski definition) is 3. The lowest BCUT2D eigenvalue weighted by Crippen LogP contribution is -2.59. The Balaban J connectivity index is 1.75. The first-order chi connectivity index (χ1) is 15.9. The summed E-state index contributed by atoms with van der Waals surface area (Å²) in [5, 5.41) is 34.9. The standard InChI is InChI=1S/C30H36O4/c1-16-13-29(6)15-28(5)14-22-21(20-9-7-8-10-20)11-12-23(32)25(22)17(2)26(28)27(33)30(29,34)18(3)24(16)19(4)31/h11-12,20,32-34H,2-3,7-10,13-15H2,1,4-6H3/t28-,29+,30+/m1/s1. The molecule has 1 aromatic rings. The first-order valence-electron chi connectivity index (χ1n) is 12.5. The van der Waals surface area contributed by atoms with Crippen molar-refractivity contribution in [1.29, 1.82) is 0 Å². The summed E-state index contributed by atoms with van der Waals surface area (Å²) in [4.78, 5) is 12.5. The minimum Gasteiger partial charge on any atom is -0.509 e. The van der Waals surface area contributed by atoms with Crippen LogP contribution in [-0.2, 0) is 11.2 Å². The van der Waals surface area contributed by atoms with Crippen LogP contribution >= 0.6 is 0 Å². The van der Waals surface area contributed by atoms with Crippen molar-refractivity contribution in [2.24, 2.45) is 10.8 Å². The van der Waals surface area contributed by atoms with Crippen LogP contribution in [0.25, 0.3) is 5.57 Å². The molecule has 4 heteroatoms. The highest BCUT2D eigenvalue weighted by atomic mass is 16.3. The molecule has 0 heterocycles. The number of aliphatic hydroxyl groups is 2. The van der Waals surface area contributed by atoms with Crippen LogP contribution in [0.4, 0.5) is 0 Å². The first-order valence-corrected chi connectivity index (χ1v) is 12.5. The van der Waals surface area contributed by atoms with Crippen LogP contribution in [0.5, 0.6) is 5.75 Å². The molecule has 0 aromatic heterocycles. The van der Waals surface area contributed by atoms with E-state index in [1.165, 1.54) is 25.3 Å². The van der Waals surface area contributed by atoms with E-state index < -0.39 is 16.4 Å². The molecule has 34 heavy (non-hydrogen) atoms. The molecule has 0 spiro atoms. The predicted octanol–water partition coefficient (Wildman–Crippen LogP) is 6.44. The van der Waals surface area contributed by atoms with Crippen molar-refractivity contribution in [3.63, 3.8) is 0 Å². The maximum atomic E-state index is 12.5. The average molecular weight is 461 g/mol. The lowest BCUT2D eigenvalue weighted by molar-refractivity contribution is -0.115. The van der Waals surface area contributed by atoms with Gasteiger partial charge in [-0.25, -0.2) is 0 Å². The summed E-state index contributed by atoms with van der Waals surface area (Å²) in [7, 11) is 0. The first kappa shape index (κ1) is 23.2. The molecular formula is C30H36O4. The number of aliphatic hydroxyl groups excluding tert-OH is 1. The molecule has 4 nitrogen and oxygen atoms in total. The molecule has 180 valence electrons. The van der Waals surface area contributed by atoms with Gasteiger partial charge in [-0.2, -0.15) is 0 Å². The molecule has 0 unspecified atom stereocenters. The van der Waals surface area contributed by atoms with Crippen LogP contribution < -0.4 is 0 Å². The Morgan fingerprint density at radius 1 is 1.09 bits per heavy atom. The smallest absolute Gasteiger partial charge is 0.160 e. The Morgan fingerprint density at radius 3 is 2.35 bits per heavy atom. The molecular weight excluding hydrogens is 424 g/mol. The SMILES string of the molecule is C=C1C2=C(O)[C@@]3(O)C(=C)C(C(C)=O)=C(C)C[C@@]3(C)C[C@@]2(C)Cc2c(C3CCCC3)ccc(O)c21. The van der Waals surface area contributed by atoms with Crippen molar-refractivity contribution < 1.29 is 20.1 Å². The number of carbonyl (C=O) groups is 1. The van der Waals surface area contributed by atoms with E-state index >= 15 is 0 Å². The number of ketones is 1. The van der Waals surface area contributed by atoms with Gasteiger partial charge in [0.1, 0.15) is 11.5 Å². The van der Waals surface area contributed by atoms with E-state index in [2.05, 4.69) is 26.1 Å². The van der Waals surface area contributed by atoms with Gasteiger partial charge >= 0.3 is 0 Å². The minimum absolute atomic E-state index is 0.157. The van der Waals surface area contributed by atoms with Crippen molar-refractivity contribution in [2.75, 3.05) is 0 Å². The zero-order chi connectivity index (χ0) is 24.8. The largest absolute Gasteiger partial charge is 0.509 e. The number of Topliss-reactive ketones (excluding diaryl/α,β-unsaturated/α-hetero) is 1. The quantitative estimate of drug-likeness (QED) is 0.474. The number of benzene rings is 1. The van der Waals surface area contributed by atoms with Gasteiger partial charge in [0.25, 0.3) is 0 Å². The molecule has 1 saturated carbocycles. The molecule has 0 radical (unpaired) electrons. The Morgan fingerprint density at radius 2 is 1.74 bits per heavy atom. The third-order valence-corrected chi connectivity index (χ3v) is 9.30. The van der Waals surface area contributed by atoms with Gasteiger partial charge in [-0.3, -0.25) is 4.79 Å². The highest BCUT2D eigenvalue weighted by molar-refractivity contribution is 6.00. The van der Waals surface area contributed by atoms with Gasteiger partial charge in [-0.1, -0.05) is 51.5 Å². The number of hydrogen-bond acceptors (Lipinski definition) is 4. The monoisotopic (exact) mass is 460 g/mol. The molecule has 3 atom stereocenters. The van der Waals surface area contributed by atoms with Gasteiger partial charge < -0.3 is 15.3 Å². The fourth-order valence-corrected chi connectivity index (χ4v) is 8.12. The normalized spacial score (nSPS) is 33.7. The summed E-state index contributed by atoms with van der Waals surface area (Å²) < 4.78 is 0. The van der Waals surface area contributed by atoms with E-state index in [-0.39, 0.29) is 22.9 Å². The predicted molar refractivity (Wildman–Crippen MR) is 135 cm³/mol. The lowest BCUT2D eigenvalue weighted by atomic mass is 9.47. The van der Waals surface area contributed by atoms with Crippen molar-refractivity contribution >= 4 is 11.4 Å². The van der Waals surface area contributed by atoms with Crippen LogP contribution in [0.3, 0.4) is 0 Å². The van der Waals surface area contributed by atoms with Gasteiger partial charge in [-0.05, 0) is 80.2 Å². The number of rotatable bonds is 2. The molecule has 1 aromatic carbocycles. The summed E-state index contributed by atoms with van der Waals surface area (Å²) in [6, 6.07) is 3.82. The summed E-state index contributed by atoms with van der Waals surface area (Å²) in [5.41, 5.74) is 2.91. The molecule has 0 amide bonds. The summed E-state index contributed by atoms with van der Waals surface area (Å²) >= 11 is 0. The van der Waals surface area contributed by atoms with Gasteiger partial charge in [0.05, 0.1) is 0 Å². The zero-order valence-electron chi connectivity index (χ0n) is 20.8. The van der Waals surface area contributed by atoms with Crippen molar-refractivity contribution in [2.45, 2.75) is 84.2 Å². The Kier molecular flexibility index (Phi) is 4.91. The van der Waals surface area contributed by atoms with Crippen molar-refractivity contribution in [3.8, 4) is 5.75 Å².